The summed E-state index contributed by atoms with van der Waals surface area (Å²) in [5.74, 6) is 0.329. The van der Waals surface area contributed by atoms with E-state index in [1.54, 1.807) is 17.5 Å². The lowest BCUT2D eigenvalue weighted by molar-refractivity contribution is -0.136. The van der Waals surface area contributed by atoms with E-state index in [1.165, 1.54) is 4.88 Å². The number of carbonyl (C=O) groups excluding carboxylic acids is 1. The molecule has 1 aliphatic heterocycles. The largest absolute Gasteiger partial charge is 0.340 e. The number of rotatable bonds is 3. The molecule has 2 aliphatic rings. The Hall–Kier alpha value is -1.69. The third-order valence-electron chi connectivity index (χ3n) is 5.13. The highest BCUT2D eigenvalue weighted by Crippen LogP contribution is 2.45. The Morgan fingerprint density at radius 3 is 2.91 bits per heavy atom. The van der Waals surface area contributed by atoms with E-state index in [0.29, 0.717) is 5.91 Å². The summed E-state index contributed by atoms with van der Waals surface area (Å²) in [4.78, 5) is 16.6. The van der Waals surface area contributed by atoms with Crippen LogP contribution in [0.2, 0.25) is 0 Å². The predicted octanol–water partition coefficient (Wildman–Crippen LogP) is 2.62. The van der Waals surface area contributed by atoms with Gasteiger partial charge in [-0.2, -0.15) is 0 Å². The van der Waals surface area contributed by atoms with Gasteiger partial charge in [0.15, 0.2) is 0 Å². The Labute approximate surface area is 133 Å². The molecule has 5 nitrogen and oxygen atoms in total. The number of hydrogen-bond donors (Lipinski definition) is 0. The second kappa shape index (κ2) is 5.50. The lowest BCUT2D eigenvalue weighted by Gasteiger charge is -2.31. The van der Waals surface area contributed by atoms with Crippen molar-refractivity contribution in [2.45, 2.75) is 43.6 Å². The van der Waals surface area contributed by atoms with Crippen molar-refractivity contribution in [1.82, 2.24) is 19.9 Å². The summed E-state index contributed by atoms with van der Waals surface area (Å²) in [5.41, 5.74) is -0.259. The fourth-order valence-electron chi connectivity index (χ4n) is 3.95. The molecular weight excluding hydrogens is 296 g/mol. The van der Waals surface area contributed by atoms with Crippen LogP contribution in [0.25, 0.3) is 0 Å². The number of carbonyl (C=O) groups is 1. The highest BCUT2D eigenvalue weighted by molar-refractivity contribution is 7.10. The van der Waals surface area contributed by atoms with Crippen LogP contribution >= 0.6 is 11.3 Å². The van der Waals surface area contributed by atoms with Crippen molar-refractivity contribution in [3.8, 4) is 0 Å². The monoisotopic (exact) mass is 316 g/mol. The molecule has 0 N–H and O–H groups in total. The van der Waals surface area contributed by atoms with E-state index in [-0.39, 0.29) is 11.5 Å². The maximum Gasteiger partial charge on any atom is 0.234 e. The molecule has 3 heterocycles. The smallest absolute Gasteiger partial charge is 0.234 e. The minimum Gasteiger partial charge on any atom is -0.340 e. The van der Waals surface area contributed by atoms with E-state index in [4.69, 9.17) is 0 Å². The number of hydrogen-bond acceptors (Lipinski definition) is 4. The molecule has 2 aromatic rings. The lowest BCUT2D eigenvalue weighted by atomic mass is 9.83. The van der Waals surface area contributed by atoms with Gasteiger partial charge in [0.2, 0.25) is 5.91 Å². The first-order chi connectivity index (χ1) is 10.8. The molecule has 0 bridgehead atoms. The van der Waals surface area contributed by atoms with Gasteiger partial charge in [-0.3, -0.25) is 4.79 Å². The van der Waals surface area contributed by atoms with E-state index in [9.17, 15) is 4.79 Å². The summed E-state index contributed by atoms with van der Waals surface area (Å²) in [7, 11) is 0. The summed E-state index contributed by atoms with van der Waals surface area (Å²) >= 11 is 1.73. The number of thiophene rings is 1. The number of likely N-dealkylation sites (tertiary alicyclic amines) is 1. The topological polar surface area (TPSA) is 51.0 Å². The quantitative estimate of drug-likeness (QED) is 0.874. The Bertz CT molecular complexity index is 631. The molecule has 116 valence electrons. The van der Waals surface area contributed by atoms with Crippen LogP contribution in [0.15, 0.2) is 29.9 Å². The van der Waals surface area contributed by atoms with Gasteiger partial charge >= 0.3 is 0 Å². The second-order valence-electron chi connectivity index (χ2n) is 6.34. The Morgan fingerprint density at radius 2 is 2.23 bits per heavy atom. The molecule has 1 aliphatic carbocycles. The van der Waals surface area contributed by atoms with Gasteiger partial charge < -0.3 is 4.90 Å². The molecule has 6 heteroatoms. The van der Waals surface area contributed by atoms with Crippen LogP contribution in [0, 0.1) is 0 Å². The van der Waals surface area contributed by atoms with Gasteiger partial charge in [-0.25, -0.2) is 4.68 Å². The minimum atomic E-state index is -0.259. The molecule has 1 saturated carbocycles. The van der Waals surface area contributed by atoms with Crippen molar-refractivity contribution in [1.29, 1.82) is 0 Å². The first-order valence-electron chi connectivity index (χ1n) is 7.99. The summed E-state index contributed by atoms with van der Waals surface area (Å²) in [6.45, 7) is 1.59. The van der Waals surface area contributed by atoms with Gasteiger partial charge in [0.1, 0.15) is 0 Å². The van der Waals surface area contributed by atoms with Gasteiger partial charge in [0.25, 0.3) is 0 Å². The number of amides is 1. The molecule has 0 radical (unpaired) electrons. The van der Waals surface area contributed by atoms with Crippen LogP contribution in [0.5, 0.6) is 0 Å². The molecule has 2 fully saturated rings. The zero-order chi connectivity index (χ0) is 15.0. The fraction of sp³-hybridized carbons (Fsp3) is 0.562. The Balaban J connectivity index is 1.56. The Morgan fingerprint density at radius 1 is 1.36 bits per heavy atom. The van der Waals surface area contributed by atoms with Gasteiger partial charge in [0, 0.05) is 24.2 Å². The molecular formula is C16H20N4OS. The normalized spacial score (nSPS) is 24.0. The maximum absolute atomic E-state index is 13.3. The third-order valence-corrected chi connectivity index (χ3v) is 6.20. The zero-order valence-corrected chi connectivity index (χ0v) is 13.3. The van der Waals surface area contributed by atoms with Crippen molar-refractivity contribution in [2.24, 2.45) is 0 Å². The van der Waals surface area contributed by atoms with Crippen LogP contribution in [-0.2, 0) is 10.2 Å². The highest BCUT2D eigenvalue weighted by Gasteiger charge is 2.47. The number of aromatic nitrogens is 3. The molecule has 1 saturated heterocycles. The van der Waals surface area contributed by atoms with Crippen LogP contribution < -0.4 is 0 Å². The molecule has 4 rings (SSSR count). The Kier molecular flexibility index (Phi) is 3.48. The molecule has 0 spiro atoms. The minimum absolute atomic E-state index is 0.259. The van der Waals surface area contributed by atoms with Crippen LogP contribution in [-0.4, -0.2) is 38.9 Å². The lowest BCUT2D eigenvalue weighted by Crippen LogP contribution is -2.44. The summed E-state index contributed by atoms with van der Waals surface area (Å²) < 4.78 is 1.89. The van der Waals surface area contributed by atoms with Crippen molar-refractivity contribution in [3.05, 3.63) is 34.8 Å². The average Bonchev–Trinajstić information content (AvgIpc) is 3.36. The molecule has 1 unspecified atom stereocenters. The number of nitrogens with zero attached hydrogens (tertiary/aromatic N) is 4. The van der Waals surface area contributed by atoms with Gasteiger partial charge in [0.05, 0.1) is 17.7 Å². The summed E-state index contributed by atoms with van der Waals surface area (Å²) in [6.07, 6.45) is 8.87. The predicted molar refractivity (Wildman–Crippen MR) is 84.7 cm³/mol. The molecule has 2 aromatic heterocycles. The SMILES string of the molecule is O=C(N1CCC(n2ccnn2)C1)C1(c2cccs2)CCCC1. The summed E-state index contributed by atoms with van der Waals surface area (Å²) in [6, 6.07) is 4.47. The van der Waals surface area contributed by atoms with E-state index in [0.717, 1.165) is 45.2 Å². The van der Waals surface area contributed by atoms with Crippen molar-refractivity contribution >= 4 is 17.2 Å². The second-order valence-corrected chi connectivity index (χ2v) is 7.29. The first-order valence-corrected chi connectivity index (χ1v) is 8.87. The first kappa shape index (κ1) is 13.9. The van der Waals surface area contributed by atoms with Gasteiger partial charge in [-0.15, -0.1) is 16.4 Å². The molecule has 0 aromatic carbocycles. The van der Waals surface area contributed by atoms with Crippen LogP contribution in [0.3, 0.4) is 0 Å². The molecule has 1 atom stereocenters. The van der Waals surface area contributed by atoms with Crippen molar-refractivity contribution in [3.63, 3.8) is 0 Å². The maximum atomic E-state index is 13.3. The van der Waals surface area contributed by atoms with Crippen LogP contribution in [0.4, 0.5) is 0 Å². The summed E-state index contributed by atoms with van der Waals surface area (Å²) in [5, 5.41) is 10.1. The van der Waals surface area contributed by atoms with Gasteiger partial charge in [-0.05, 0) is 30.7 Å². The van der Waals surface area contributed by atoms with E-state index < -0.39 is 0 Å². The van der Waals surface area contributed by atoms with E-state index in [1.807, 2.05) is 10.9 Å². The van der Waals surface area contributed by atoms with E-state index in [2.05, 4.69) is 32.7 Å². The fourth-order valence-corrected chi connectivity index (χ4v) is 4.93. The zero-order valence-electron chi connectivity index (χ0n) is 12.5. The van der Waals surface area contributed by atoms with Gasteiger partial charge in [-0.1, -0.05) is 24.1 Å². The third kappa shape index (κ3) is 2.17. The van der Waals surface area contributed by atoms with Crippen LogP contribution in [0.1, 0.15) is 43.0 Å². The standard InChI is InChI=1S/C16H20N4OS/c21-15(16(6-1-2-7-16)14-4-3-11-22-14)19-9-5-13(12-19)20-10-8-17-18-20/h3-4,8,10-11,13H,1-2,5-7,9,12H2. The highest BCUT2D eigenvalue weighted by atomic mass is 32.1. The average molecular weight is 316 g/mol. The van der Waals surface area contributed by atoms with Crippen molar-refractivity contribution < 1.29 is 4.79 Å². The molecule has 1 amide bonds. The molecule has 22 heavy (non-hydrogen) atoms. The van der Waals surface area contributed by atoms with Crippen molar-refractivity contribution in [2.75, 3.05) is 13.1 Å². The van der Waals surface area contributed by atoms with E-state index >= 15 is 0 Å².